The summed E-state index contributed by atoms with van der Waals surface area (Å²) in [7, 11) is 0. The molecule has 3 rings (SSSR count). The highest BCUT2D eigenvalue weighted by atomic mass is 16.5. The maximum atomic E-state index is 5.09. The molecule has 0 atom stereocenters. The predicted molar refractivity (Wildman–Crippen MR) is 79.1 cm³/mol. The number of aromatic nitrogens is 4. The van der Waals surface area contributed by atoms with Crippen LogP contribution in [0.2, 0.25) is 0 Å². The van der Waals surface area contributed by atoms with E-state index < -0.39 is 0 Å². The van der Waals surface area contributed by atoms with Gasteiger partial charge in [0.25, 0.3) is 0 Å². The zero-order valence-electron chi connectivity index (χ0n) is 12.4. The molecular formula is C14H20N6O. The lowest BCUT2D eigenvalue weighted by Crippen LogP contribution is -2.08. The van der Waals surface area contributed by atoms with Crippen LogP contribution in [0.1, 0.15) is 49.6 Å². The van der Waals surface area contributed by atoms with Crippen molar-refractivity contribution in [2.45, 2.75) is 45.6 Å². The molecular weight excluding hydrogens is 268 g/mol. The molecule has 0 aromatic carbocycles. The van der Waals surface area contributed by atoms with Crippen LogP contribution in [0.15, 0.2) is 10.6 Å². The number of aryl methyl sites for hydroxylation is 1. The van der Waals surface area contributed by atoms with Crippen LogP contribution in [-0.2, 0) is 6.54 Å². The molecule has 21 heavy (non-hydrogen) atoms. The summed E-state index contributed by atoms with van der Waals surface area (Å²) < 4.78 is 5.09. The molecule has 112 valence electrons. The van der Waals surface area contributed by atoms with E-state index in [0.717, 1.165) is 30.4 Å². The summed E-state index contributed by atoms with van der Waals surface area (Å²) in [6, 6.07) is 1.92. The molecule has 2 aromatic rings. The van der Waals surface area contributed by atoms with Crippen LogP contribution < -0.4 is 10.6 Å². The number of nitrogens with one attached hydrogen (secondary N) is 2. The molecule has 0 unspecified atom stereocenters. The molecule has 0 aliphatic heterocycles. The molecule has 0 saturated heterocycles. The van der Waals surface area contributed by atoms with Gasteiger partial charge in [0.1, 0.15) is 17.5 Å². The van der Waals surface area contributed by atoms with Crippen molar-refractivity contribution in [1.82, 2.24) is 20.1 Å². The second kappa shape index (κ2) is 6.07. The van der Waals surface area contributed by atoms with E-state index in [1.165, 1.54) is 12.8 Å². The average molecular weight is 288 g/mol. The Morgan fingerprint density at radius 3 is 2.57 bits per heavy atom. The van der Waals surface area contributed by atoms with Crippen LogP contribution in [0.25, 0.3) is 0 Å². The molecule has 1 fully saturated rings. The van der Waals surface area contributed by atoms with Crippen molar-refractivity contribution in [3.63, 3.8) is 0 Å². The van der Waals surface area contributed by atoms with Crippen molar-refractivity contribution in [3.8, 4) is 0 Å². The zero-order chi connectivity index (χ0) is 14.7. The summed E-state index contributed by atoms with van der Waals surface area (Å²) in [5.41, 5.74) is 0. The van der Waals surface area contributed by atoms with Gasteiger partial charge >= 0.3 is 0 Å². The van der Waals surface area contributed by atoms with Gasteiger partial charge < -0.3 is 15.2 Å². The molecule has 0 amide bonds. The first-order valence-corrected chi connectivity index (χ1v) is 7.40. The van der Waals surface area contributed by atoms with Crippen molar-refractivity contribution in [2.24, 2.45) is 0 Å². The number of hydrogen-bond donors (Lipinski definition) is 2. The smallest absolute Gasteiger partial charge is 0.245 e. The summed E-state index contributed by atoms with van der Waals surface area (Å²) in [5.74, 6) is 4.29. The van der Waals surface area contributed by atoms with Gasteiger partial charge in [-0.05, 0) is 26.2 Å². The Hall–Kier alpha value is -2.18. The number of hydrogen-bond acceptors (Lipinski definition) is 7. The number of anilines is 2. The third-order valence-corrected chi connectivity index (χ3v) is 3.23. The summed E-state index contributed by atoms with van der Waals surface area (Å²) in [4.78, 5) is 13.3. The highest BCUT2D eigenvalue weighted by Crippen LogP contribution is 2.38. The van der Waals surface area contributed by atoms with Crippen LogP contribution in [0.5, 0.6) is 0 Å². The minimum atomic E-state index is 0.467. The summed E-state index contributed by atoms with van der Waals surface area (Å²) >= 11 is 0. The molecule has 2 N–H and O–H groups in total. The Kier molecular flexibility index (Phi) is 3.98. The Balaban J connectivity index is 1.71. The second-order valence-electron chi connectivity index (χ2n) is 5.29. The fourth-order valence-corrected chi connectivity index (χ4v) is 2.00. The highest BCUT2D eigenvalue weighted by molar-refractivity contribution is 5.48. The quantitative estimate of drug-likeness (QED) is 0.809. The Morgan fingerprint density at radius 1 is 1.19 bits per heavy atom. The molecule has 7 nitrogen and oxygen atoms in total. The molecule has 7 heteroatoms. The van der Waals surface area contributed by atoms with Crippen molar-refractivity contribution >= 4 is 11.6 Å². The fraction of sp³-hybridized carbons (Fsp3) is 0.571. The fourth-order valence-electron chi connectivity index (χ4n) is 2.00. The first-order chi connectivity index (χ1) is 10.2. The van der Waals surface area contributed by atoms with Crippen LogP contribution in [0, 0.1) is 6.92 Å². The average Bonchev–Trinajstić information content (AvgIpc) is 3.26. The largest absolute Gasteiger partial charge is 0.370 e. The predicted octanol–water partition coefficient (Wildman–Crippen LogP) is 2.48. The first-order valence-electron chi connectivity index (χ1n) is 7.40. The van der Waals surface area contributed by atoms with Crippen molar-refractivity contribution in [2.75, 3.05) is 17.2 Å². The summed E-state index contributed by atoms with van der Waals surface area (Å²) in [5, 5.41) is 10.3. The Labute approximate surface area is 123 Å². The normalized spacial score (nSPS) is 14.2. The van der Waals surface area contributed by atoms with Crippen LogP contribution in [-0.4, -0.2) is 26.7 Å². The monoisotopic (exact) mass is 288 g/mol. The molecule has 2 aromatic heterocycles. The van der Waals surface area contributed by atoms with Gasteiger partial charge in [0.15, 0.2) is 5.82 Å². The Morgan fingerprint density at radius 2 is 1.95 bits per heavy atom. The number of rotatable bonds is 7. The van der Waals surface area contributed by atoms with Gasteiger partial charge in [-0.2, -0.15) is 4.98 Å². The molecule has 1 aliphatic rings. The van der Waals surface area contributed by atoms with E-state index >= 15 is 0 Å². The van der Waals surface area contributed by atoms with Crippen molar-refractivity contribution in [1.29, 1.82) is 0 Å². The van der Waals surface area contributed by atoms with Crippen LogP contribution in [0.3, 0.4) is 0 Å². The minimum Gasteiger partial charge on any atom is -0.370 e. The number of nitrogens with zero attached hydrogens (tertiary/aromatic N) is 4. The van der Waals surface area contributed by atoms with E-state index in [4.69, 9.17) is 4.52 Å². The van der Waals surface area contributed by atoms with Gasteiger partial charge in [0.05, 0.1) is 6.54 Å². The minimum absolute atomic E-state index is 0.467. The second-order valence-corrected chi connectivity index (χ2v) is 5.29. The molecule has 1 aliphatic carbocycles. The molecule has 0 bridgehead atoms. The lowest BCUT2D eigenvalue weighted by Gasteiger charge is -2.09. The van der Waals surface area contributed by atoms with Crippen molar-refractivity contribution < 1.29 is 4.52 Å². The topological polar surface area (TPSA) is 88.8 Å². The standard InChI is InChI=1S/C14H20N6O/c1-3-6-15-11-7-12(19-14(18-11)10-4-5-10)16-8-13-17-9(2)20-21-13/h7,10H,3-6,8H2,1-2H3,(H2,15,16,18,19). The molecule has 2 heterocycles. The third-order valence-electron chi connectivity index (χ3n) is 3.23. The van der Waals surface area contributed by atoms with Crippen LogP contribution >= 0.6 is 0 Å². The van der Waals surface area contributed by atoms with E-state index in [1.54, 1.807) is 6.92 Å². The van der Waals surface area contributed by atoms with Gasteiger partial charge in [-0.15, -0.1) is 0 Å². The SMILES string of the molecule is CCCNc1cc(NCc2nc(C)no2)nc(C2CC2)n1. The maximum absolute atomic E-state index is 5.09. The lowest BCUT2D eigenvalue weighted by molar-refractivity contribution is 0.379. The van der Waals surface area contributed by atoms with E-state index in [-0.39, 0.29) is 0 Å². The van der Waals surface area contributed by atoms with Gasteiger partial charge in [-0.1, -0.05) is 12.1 Å². The van der Waals surface area contributed by atoms with E-state index in [1.807, 2.05) is 6.07 Å². The summed E-state index contributed by atoms with van der Waals surface area (Å²) in [6.45, 7) is 5.31. The van der Waals surface area contributed by atoms with E-state index in [0.29, 0.717) is 24.2 Å². The van der Waals surface area contributed by atoms with Gasteiger partial charge in [-0.25, -0.2) is 9.97 Å². The lowest BCUT2D eigenvalue weighted by atomic mass is 10.3. The summed E-state index contributed by atoms with van der Waals surface area (Å²) in [6.07, 6.45) is 3.42. The van der Waals surface area contributed by atoms with E-state index in [2.05, 4.69) is 37.7 Å². The van der Waals surface area contributed by atoms with Gasteiger partial charge in [0, 0.05) is 18.5 Å². The Bertz CT molecular complexity index is 607. The maximum Gasteiger partial charge on any atom is 0.245 e. The van der Waals surface area contributed by atoms with E-state index in [9.17, 15) is 0 Å². The molecule has 1 saturated carbocycles. The third kappa shape index (κ3) is 3.68. The van der Waals surface area contributed by atoms with Crippen LogP contribution in [0.4, 0.5) is 11.6 Å². The molecule has 0 spiro atoms. The van der Waals surface area contributed by atoms with Gasteiger partial charge in [0.2, 0.25) is 5.89 Å². The van der Waals surface area contributed by atoms with Crippen molar-refractivity contribution in [3.05, 3.63) is 23.6 Å². The first kappa shape index (κ1) is 13.8. The highest BCUT2D eigenvalue weighted by Gasteiger charge is 2.27. The molecule has 0 radical (unpaired) electrons. The zero-order valence-corrected chi connectivity index (χ0v) is 12.4. The van der Waals surface area contributed by atoms with Gasteiger partial charge in [-0.3, -0.25) is 0 Å².